The van der Waals surface area contributed by atoms with Crippen LogP contribution < -0.4 is 10.5 Å². The van der Waals surface area contributed by atoms with E-state index in [0.29, 0.717) is 36.4 Å². The predicted molar refractivity (Wildman–Crippen MR) is 73.7 cm³/mol. The molecule has 0 aliphatic carbocycles. The summed E-state index contributed by atoms with van der Waals surface area (Å²) >= 11 is 0. The number of nitrogens with two attached hydrogens (primary N) is 1. The fraction of sp³-hybridized carbons (Fsp3) is 0.429. The number of aliphatic carboxylic acids is 1. The summed E-state index contributed by atoms with van der Waals surface area (Å²) in [6, 6.07) is 4.88. The summed E-state index contributed by atoms with van der Waals surface area (Å²) in [5.74, 6) is -1.05. The normalized spacial score (nSPS) is 18.6. The highest BCUT2D eigenvalue weighted by Crippen LogP contribution is 2.24. The van der Waals surface area contributed by atoms with E-state index in [9.17, 15) is 9.59 Å². The van der Waals surface area contributed by atoms with Crippen LogP contribution in [0.2, 0.25) is 0 Å². The second-order valence-electron chi connectivity index (χ2n) is 4.88. The average Bonchev–Trinajstić information content (AvgIpc) is 2.47. The van der Waals surface area contributed by atoms with E-state index in [-0.39, 0.29) is 12.5 Å². The molecule has 0 radical (unpaired) electrons. The number of carboxylic acids is 1. The minimum absolute atomic E-state index is 0.227. The second-order valence-corrected chi connectivity index (χ2v) is 4.88. The van der Waals surface area contributed by atoms with Gasteiger partial charge in [-0.3, -0.25) is 9.59 Å². The van der Waals surface area contributed by atoms with Gasteiger partial charge in [0, 0.05) is 18.8 Å². The van der Waals surface area contributed by atoms with Crippen LogP contribution in [-0.4, -0.2) is 42.1 Å². The van der Waals surface area contributed by atoms with Crippen molar-refractivity contribution in [1.82, 2.24) is 4.90 Å². The number of nitrogen functional groups attached to an aromatic ring is 1. The van der Waals surface area contributed by atoms with E-state index in [1.54, 1.807) is 23.1 Å². The first-order valence-electron chi connectivity index (χ1n) is 6.48. The number of likely N-dealkylation sites (tertiary alicyclic amines) is 1. The summed E-state index contributed by atoms with van der Waals surface area (Å²) in [6.45, 7) is 0.782. The molecule has 1 aromatic carbocycles. The summed E-state index contributed by atoms with van der Waals surface area (Å²) in [7, 11) is 1.52. The lowest BCUT2D eigenvalue weighted by molar-refractivity contribution is -0.143. The Morgan fingerprint density at radius 2 is 2.20 bits per heavy atom. The van der Waals surface area contributed by atoms with E-state index < -0.39 is 11.9 Å². The van der Waals surface area contributed by atoms with Gasteiger partial charge in [-0.1, -0.05) is 0 Å². The molecule has 1 fully saturated rings. The molecule has 1 saturated heterocycles. The molecular formula is C14H18N2O4. The lowest BCUT2D eigenvalue weighted by Crippen LogP contribution is -2.42. The number of anilines is 1. The number of benzene rings is 1. The first-order valence-corrected chi connectivity index (χ1v) is 6.48. The number of carbonyl (C=O) groups excluding carboxylic acids is 1. The summed E-state index contributed by atoms with van der Waals surface area (Å²) in [5, 5.41) is 9.06. The molecule has 108 valence electrons. The SMILES string of the molecule is COc1ccc(N)c(C(=O)N2CCC[C@H](C(=O)O)C2)c1. The van der Waals surface area contributed by atoms with E-state index in [0.717, 1.165) is 0 Å². The number of amides is 1. The fourth-order valence-corrected chi connectivity index (χ4v) is 2.38. The van der Waals surface area contributed by atoms with Crippen LogP contribution in [0.4, 0.5) is 5.69 Å². The van der Waals surface area contributed by atoms with Crippen molar-refractivity contribution >= 4 is 17.6 Å². The number of piperidine rings is 1. The lowest BCUT2D eigenvalue weighted by Gasteiger charge is -2.31. The summed E-state index contributed by atoms with van der Waals surface area (Å²) in [6.07, 6.45) is 1.29. The fourth-order valence-electron chi connectivity index (χ4n) is 2.38. The highest BCUT2D eigenvalue weighted by atomic mass is 16.5. The molecule has 1 aliphatic heterocycles. The minimum atomic E-state index is -0.860. The summed E-state index contributed by atoms with van der Waals surface area (Å²) in [4.78, 5) is 25.0. The molecule has 0 unspecified atom stereocenters. The molecule has 0 spiro atoms. The van der Waals surface area contributed by atoms with Crippen LogP contribution in [0.25, 0.3) is 0 Å². The molecule has 2 rings (SSSR count). The van der Waals surface area contributed by atoms with Crippen LogP contribution in [0, 0.1) is 5.92 Å². The van der Waals surface area contributed by atoms with Gasteiger partial charge in [0.2, 0.25) is 0 Å². The molecule has 20 heavy (non-hydrogen) atoms. The van der Waals surface area contributed by atoms with Crippen LogP contribution in [-0.2, 0) is 4.79 Å². The number of hydrogen-bond donors (Lipinski definition) is 2. The van der Waals surface area contributed by atoms with Crippen LogP contribution in [0.5, 0.6) is 5.75 Å². The smallest absolute Gasteiger partial charge is 0.308 e. The van der Waals surface area contributed by atoms with Gasteiger partial charge in [-0.05, 0) is 31.0 Å². The minimum Gasteiger partial charge on any atom is -0.497 e. The van der Waals surface area contributed by atoms with Gasteiger partial charge in [0.25, 0.3) is 5.91 Å². The molecule has 1 aromatic rings. The number of rotatable bonds is 3. The highest BCUT2D eigenvalue weighted by molar-refractivity contribution is 5.99. The Hall–Kier alpha value is -2.24. The molecular weight excluding hydrogens is 260 g/mol. The average molecular weight is 278 g/mol. The molecule has 0 aromatic heterocycles. The molecule has 6 nitrogen and oxygen atoms in total. The Bertz CT molecular complexity index is 530. The molecule has 3 N–H and O–H groups in total. The lowest BCUT2D eigenvalue weighted by atomic mass is 9.97. The molecule has 1 aliphatic rings. The first kappa shape index (κ1) is 14.2. The van der Waals surface area contributed by atoms with Crippen LogP contribution in [0.3, 0.4) is 0 Å². The van der Waals surface area contributed by atoms with Crippen molar-refractivity contribution in [1.29, 1.82) is 0 Å². The van der Waals surface area contributed by atoms with Gasteiger partial charge in [-0.2, -0.15) is 0 Å². The monoisotopic (exact) mass is 278 g/mol. The van der Waals surface area contributed by atoms with Crippen molar-refractivity contribution in [2.24, 2.45) is 5.92 Å². The third-order valence-corrected chi connectivity index (χ3v) is 3.55. The van der Waals surface area contributed by atoms with Crippen molar-refractivity contribution in [2.45, 2.75) is 12.8 Å². The molecule has 0 bridgehead atoms. The standard InChI is InChI=1S/C14H18N2O4/c1-20-10-4-5-12(15)11(7-10)13(17)16-6-2-3-9(8-16)14(18)19/h4-5,7,9H,2-3,6,8,15H2,1H3,(H,18,19)/t9-/m0/s1. The topological polar surface area (TPSA) is 92.9 Å². The van der Waals surface area contributed by atoms with Gasteiger partial charge in [-0.25, -0.2) is 0 Å². The largest absolute Gasteiger partial charge is 0.497 e. The maximum absolute atomic E-state index is 12.5. The van der Waals surface area contributed by atoms with Crippen molar-refractivity contribution in [3.8, 4) is 5.75 Å². The second kappa shape index (κ2) is 5.81. The van der Waals surface area contributed by atoms with E-state index in [2.05, 4.69) is 0 Å². The van der Waals surface area contributed by atoms with Gasteiger partial charge in [-0.15, -0.1) is 0 Å². The summed E-state index contributed by atoms with van der Waals surface area (Å²) < 4.78 is 5.09. The van der Waals surface area contributed by atoms with Crippen molar-refractivity contribution in [3.05, 3.63) is 23.8 Å². The van der Waals surface area contributed by atoms with Crippen molar-refractivity contribution in [2.75, 3.05) is 25.9 Å². The van der Waals surface area contributed by atoms with Crippen LogP contribution >= 0.6 is 0 Å². The molecule has 0 saturated carbocycles. The quantitative estimate of drug-likeness (QED) is 0.811. The van der Waals surface area contributed by atoms with E-state index >= 15 is 0 Å². The Kier molecular flexibility index (Phi) is 4.12. The number of carboxylic acid groups (broad SMARTS) is 1. The predicted octanol–water partition coefficient (Wildman–Crippen LogP) is 1.21. The third-order valence-electron chi connectivity index (χ3n) is 3.55. The van der Waals surface area contributed by atoms with Crippen LogP contribution in [0.15, 0.2) is 18.2 Å². The molecule has 6 heteroatoms. The number of carbonyl (C=O) groups is 2. The van der Waals surface area contributed by atoms with Gasteiger partial charge < -0.3 is 20.5 Å². The maximum atomic E-state index is 12.5. The molecule has 1 heterocycles. The Balaban J connectivity index is 2.20. The van der Waals surface area contributed by atoms with Crippen molar-refractivity contribution in [3.63, 3.8) is 0 Å². The number of hydrogen-bond acceptors (Lipinski definition) is 4. The van der Waals surface area contributed by atoms with Gasteiger partial charge >= 0.3 is 5.97 Å². The first-order chi connectivity index (χ1) is 9.52. The van der Waals surface area contributed by atoms with Crippen molar-refractivity contribution < 1.29 is 19.4 Å². The van der Waals surface area contributed by atoms with E-state index in [4.69, 9.17) is 15.6 Å². The van der Waals surface area contributed by atoms with E-state index in [1.807, 2.05) is 0 Å². The van der Waals surface area contributed by atoms with E-state index in [1.165, 1.54) is 7.11 Å². The highest BCUT2D eigenvalue weighted by Gasteiger charge is 2.29. The third kappa shape index (κ3) is 2.84. The molecule has 1 atom stereocenters. The van der Waals surface area contributed by atoms with Gasteiger partial charge in [0.15, 0.2) is 0 Å². The Morgan fingerprint density at radius 3 is 2.85 bits per heavy atom. The maximum Gasteiger partial charge on any atom is 0.308 e. The Morgan fingerprint density at radius 1 is 1.45 bits per heavy atom. The zero-order chi connectivity index (χ0) is 14.7. The zero-order valence-corrected chi connectivity index (χ0v) is 11.3. The van der Waals surface area contributed by atoms with Crippen LogP contribution in [0.1, 0.15) is 23.2 Å². The number of ether oxygens (including phenoxy) is 1. The molecule has 1 amide bonds. The summed E-state index contributed by atoms with van der Waals surface area (Å²) in [5.41, 5.74) is 6.55. The van der Waals surface area contributed by atoms with Gasteiger partial charge in [0.05, 0.1) is 18.6 Å². The van der Waals surface area contributed by atoms with Gasteiger partial charge in [0.1, 0.15) is 5.75 Å². The Labute approximate surface area is 117 Å². The zero-order valence-electron chi connectivity index (χ0n) is 11.3. The number of methoxy groups -OCH3 is 1. The number of nitrogens with zero attached hydrogens (tertiary/aromatic N) is 1.